The second-order valence-electron chi connectivity index (χ2n) is 5.10. The van der Waals surface area contributed by atoms with Gasteiger partial charge in [0, 0.05) is 8.07 Å². The van der Waals surface area contributed by atoms with E-state index in [-0.39, 0.29) is 4.49 Å². The molecule has 0 aliphatic heterocycles. The standard InChI is InChI=1S/C9H14Cl4Si/c1-14(2,3)5-6-4-9(6,13)7(10)8(11)12/h6H,4-5H2,1-3H3/t6-,9+/m0/s1. The van der Waals surface area contributed by atoms with Gasteiger partial charge in [-0.2, -0.15) is 0 Å². The van der Waals surface area contributed by atoms with E-state index in [1.54, 1.807) is 0 Å². The summed E-state index contributed by atoms with van der Waals surface area (Å²) in [5.41, 5.74) is 0. The lowest BCUT2D eigenvalue weighted by Crippen LogP contribution is -2.22. The van der Waals surface area contributed by atoms with Crippen molar-refractivity contribution in [2.75, 3.05) is 0 Å². The maximum atomic E-state index is 6.33. The third-order valence-electron chi connectivity index (χ3n) is 2.42. The van der Waals surface area contributed by atoms with Gasteiger partial charge in [-0.15, -0.1) is 11.6 Å². The van der Waals surface area contributed by atoms with Crippen LogP contribution < -0.4 is 0 Å². The first-order valence-electron chi connectivity index (χ1n) is 4.57. The van der Waals surface area contributed by atoms with Crippen LogP contribution >= 0.6 is 46.4 Å². The molecule has 0 aromatic carbocycles. The number of hydrogen-bond acceptors (Lipinski definition) is 0. The van der Waals surface area contributed by atoms with Crippen LogP contribution in [0.5, 0.6) is 0 Å². The van der Waals surface area contributed by atoms with Gasteiger partial charge in [0.25, 0.3) is 0 Å². The van der Waals surface area contributed by atoms with Crippen LogP contribution in [-0.4, -0.2) is 12.9 Å². The summed E-state index contributed by atoms with van der Waals surface area (Å²) in [5.74, 6) is 0.454. The van der Waals surface area contributed by atoms with Gasteiger partial charge in [0.05, 0.1) is 9.91 Å². The van der Waals surface area contributed by atoms with Crippen LogP contribution in [0, 0.1) is 5.92 Å². The van der Waals surface area contributed by atoms with Crippen LogP contribution in [0.15, 0.2) is 9.52 Å². The Morgan fingerprint density at radius 2 is 1.79 bits per heavy atom. The normalized spacial score (nSPS) is 31.5. The van der Waals surface area contributed by atoms with Crippen LogP contribution in [0.3, 0.4) is 0 Å². The topological polar surface area (TPSA) is 0 Å². The molecule has 0 radical (unpaired) electrons. The van der Waals surface area contributed by atoms with Gasteiger partial charge in [-0.25, -0.2) is 0 Å². The summed E-state index contributed by atoms with van der Waals surface area (Å²) in [6, 6.07) is 1.17. The quantitative estimate of drug-likeness (QED) is 0.495. The Balaban J connectivity index is 2.65. The molecule has 82 valence electrons. The van der Waals surface area contributed by atoms with Crippen LogP contribution in [0.2, 0.25) is 25.7 Å². The van der Waals surface area contributed by atoms with Crippen molar-refractivity contribution in [3.63, 3.8) is 0 Å². The van der Waals surface area contributed by atoms with Gasteiger partial charge in [0.1, 0.15) is 4.49 Å². The Hall–Kier alpha value is 1.12. The maximum Gasteiger partial charge on any atom is 0.123 e. The number of allylic oxidation sites excluding steroid dienone is 1. The molecule has 5 heteroatoms. The van der Waals surface area contributed by atoms with E-state index in [0.717, 1.165) is 6.42 Å². The van der Waals surface area contributed by atoms with Crippen molar-refractivity contribution in [2.45, 2.75) is 37.0 Å². The molecule has 0 bridgehead atoms. The zero-order valence-electron chi connectivity index (χ0n) is 8.50. The van der Waals surface area contributed by atoms with E-state index in [0.29, 0.717) is 11.0 Å². The number of rotatable bonds is 3. The summed E-state index contributed by atoms with van der Waals surface area (Å²) in [5, 5.41) is 0.422. The first-order valence-corrected chi connectivity index (χ1v) is 9.79. The van der Waals surface area contributed by atoms with E-state index in [1.807, 2.05) is 0 Å². The summed E-state index contributed by atoms with van der Waals surface area (Å²) in [6.45, 7) is 6.97. The van der Waals surface area contributed by atoms with Crippen LogP contribution in [0.1, 0.15) is 6.42 Å². The Bertz CT molecular complexity index is 264. The van der Waals surface area contributed by atoms with Gasteiger partial charge in [0.15, 0.2) is 0 Å². The Kier molecular flexibility index (Phi) is 3.93. The van der Waals surface area contributed by atoms with Crippen LogP contribution in [0.4, 0.5) is 0 Å². The molecule has 1 aliphatic rings. The molecule has 0 heterocycles. The molecular formula is C9H14Cl4Si. The fourth-order valence-corrected chi connectivity index (χ4v) is 4.82. The van der Waals surface area contributed by atoms with Crippen molar-refractivity contribution in [3.8, 4) is 0 Å². The van der Waals surface area contributed by atoms with Crippen molar-refractivity contribution >= 4 is 54.5 Å². The van der Waals surface area contributed by atoms with Gasteiger partial charge in [-0.05, 0) is 12.3 Å². The maximum absolute atomic E-state index is 6.33. The monoisotopic (exact) mass is 290 g/mol. The lowest BCUT2D eigenvalue weighted by Gasteiger charge is -2.17. The molecule has 0 unspecified atom stereocenters. The van der Waals surface area contributed by atoms with Crippen molar-refractivity contribution in [1.29, 1.82) is 0 Å². The van der Waals surface area contributed by atoms with Crippen LogP contribution in [0.25, 0.3) is 0 Å². The van der Waals surface area contributed by atoms with Gasteiger partial charge in [0.2, 0.25) is 0 Å². The largest absolute Gasteiger partial charge is 0.123 e. The van der Waals surface area contributed by atoms with E-state index < -0.39 is 12.9 Å². The van der Waals surface area contributed by atoms with E-state index in [2.05, 4.69) is 19.6 Å². The smallest absolute Gasteiger partial charge is 0.113 e. The van der Waals surface area contributed by atoms with Gasteiger partial charge in [-0.3, -0.25) is 0 Å². The molecule has 0 amide bonds. The predicted molar refractivity (Wildman–Crippen MR) is 69.4 cm³/mol. The summed E-state index contributed by atoms with van der Waals surface area (Å²) in [7, 11) is -1.08. The third-order valence-corrected chi connectivity index (χ3v) is 5.98. The average Bonchev–Trinajstić information content (AvgIpc) is 2.57. The Morgan fingerprint density at radius 3 is 2.14 bits per heavy atom. The van der Waals surface area contributed by atoms with Crippen molar-refractivity contribution < 1.29 is 0 Å². The first-order chi connectivity index (χ1) is 6.17. The Labute approximate surface area is 107 Å². The molecule has 0 nitrogen and oxygen atoms in total. The molecule has 1 rings (SSSR count). The molecule has 0 spiro atoms. The minimum Gasteiger partial charge on any atom is -0.113 e. The second-order valence-corrected chi connectivity index (χ2v) is 12.6. The predicted octanol–water partition coefficient (Wildman–Crippen LogP) is 5.21. The summed E-state index contributed by atoms with van der Waals surface area (Å²) >= 11 is 23.6. The molecule has 0 saturated heterocycles. The van der Waals surface area contributed by atoms with Crippen molar-refractivity contribution in [2.24, 2.45) is 5.92 Å². The highest BCUT2D eigenvalue weighted by molar-refractivity contribution is 6.76. The van der Waals surface area contributed by atoms with Gasteiger partial charge >= 0.3 is 0 Å². The highest BCUT2D eigenvalue weighted by Gasteiger charge is 2.56. The first kappa shape index (κ1) is 13.2. The molecular weight excluding hydrogens is 278 g/mol. The second kappa shape index (κ2) is 4.18. The fourth-order valence-electron chi connectivity index (χ4n) is 1.70. The highest BCUT2D eigenvalue weighted by Crippen LogP contribution is 2.60. The molecule has 2 atom stereocenters. The summed E-state index contributed by atoms with van der Waals surface area (Å²) in [6.07, 6.45) is 0.903. The molecule has 14 heavy (non-hydrogen) atoms. The van der Waals surface area contributed by atoms with Crippen LogP contribution in [-0.2, 0) is 0 Å². The molecule has 0 aromatic heterocycles. The molecule has 0 N–H and O–H groups in total. The lowest BCUT2D eigenvalue weighted by atomic mass is 10.3. The average molecular weight is 292 g/mol. The number of alkyl halides is 1. The van der Waals surface area contributed by atoms with Crippen molar-refractivity contribution in [1.82, 2.24) is 0 Å². The molecule has 1 aliphatic carbocycles. The zero-order chi connectivity index (χ0) is 11.1. The number of halogens is 4. The molecule has 1 saturated carbocycles. The minimum atomic E-state index is -1.08. The Morgan fingerprint density at radius 1 is 1.29 bits per heavy atom. The fraction of sp³-hybridized carbons (Fsp3) is 0.778. The summed E-state index contributed by atoms with van der Waals surface area (Å²) in [4.78, 5) is -0.458. The molecule has 1 fully saturated rings. The van der Waals surface area contributed by atoms with Crippen molar-refractivity contribution in [3.05, 3.63) is 9.52 Å². The van der Waals surface area contributed by atoms with E-state index in [1.165, 1.54) is 6.04 Å². The van der Waals surface area contributed by atoms with E-state index >= 15 is 0 Å². The van der Waals surface area contributed by atoms with Gasteiger partial charge in [-0.1, -0.05) is 60.5 Å². The molecule has 0 aromatic rings. The van der Waals surface area contributed by atoms with E-state index in [4.69, 9.17) is 46.4 Å². The SMILES string of the molecule is C[Si](C)(C)C[C@@H]1C[C@]1(Cl)C(Cl)=C(Cl)Cl. The number of hydrogen-bond donors (Lipinski definition) is 0. The zero-order valence-corrected chi connectivity index (χ0v) is 12.5. The lowest BCUT2D eigenvalue weighted by molar-refractivity contribution is 0.889. The highest BCUT2D eigenvalue weighted by atomic mass is 35.5. The van der Waals surface area contributed by atoms with E-state index in [9.17, 15) is 0 Å². The summed E-state index contributed by atoms with van der Waals surface area (Å²) < 4.78 is 0.111. The van der Waals surface area contributed by atoms with Gasteiger partial charge < -0.3 is 0 Å². The third kappa shape index (κ3) is 3.05. The minimum absolute atomic E-state index is 0.111.